The Hall–Kier alpha value is -1.48. The van der Waals surface area contributed by atoms with Crippen LogP contribution in [0.25, 0.3) is 0 Å². The molecule has 1 amide bonds. The second kappa shape index (κ2) is 7.07. The van der Waals surface area contributed by atoms with Gasteiger partial charge in [-0.3, -0.25) is 4.79 Å². The van der Waals surface area contributed by atoms with Gasteiger partial charge in [0, 0.05) is 5.03 Å². The van der Waals surface area contributed by atoms with Crippen molar-refractivity contribution >= 4 is 17.5 Å². The molecule has 1 aromatic rings. The fraction of sp³-hybridized carbons (Fsp3) is 0.357. The highest BCUT2D eigenvalue weighted by atomic mass is 35.5. The lowest BCUT2D eigenvalue weighted by atomic mass is 10.1. The molecule has 0 bridgehead atoms. The average Bonchev–Trinajstić information content (AvgIpc) is 2.30. The normalized spacial score (nSPS) is 9.94. The fourth-order valence-electron chi connectivity index (χ4n) is 1.56. The molecule has 98 valence electrons. The number of carbonyl (C=O) groups excluding carboxylic acids is 1. The summed E-state index contributed by atoms with van der Waals surface area (Å²) >= 11 is 5.55. The van der Waals surface area contributed by atoms with Gasteiger partial charge in [0.05, 0.1) is 19.6 Å². The van der Waals surface area contributed by atoms with E-state index in [0.717, 1.165) is 16.9 Å². The van der Waals surface area contributed by atoms with Crippen molar-refractivity contribution in [1.29, 1.82) is 0 Å². The van der Waals surface area contributed by atoms with Gasteiger partial charge in [-0.2, -0.15) is 0 Å². The molecule has 0 heterocycles. The molecule has 1 aromatic carbocycles. The number of rotatable bonds is 6. The van der Waals surface area contributed by atoms with Gasteiger partial charge in [-0.1, -0.05) is 36.4 Å². The van der Waals surface area contributed by atoms with Gasteiger partial charge in [0.1, 0.15) is 5.75 Å². The van der Waals surface area contributed by atoms with Crippen molar-refractivity contribution in [2.24, 2.45) is 0 Å². The summed E-state index contributed by atoms with van der Waals surface area (Å²) in [5.41, 5.74) is 2.15. The summed E-state index contributed by atoms with van der Waals surface area (Å²) < 4.78 is 5.63. The largest absolute Gasteiger partial charge is 0.493 e. The maximum absolute atomic E-state index is 11.4. The number of amides is 1. The summed E-state index contributed by atoms with van der Waals surface area (Å²) in [7, 11) is 0. The van der Waals surface area contributed by atoms with Gasteiger partial charge < -0.3 is 10.1 Å². The predicted molar refractivity (Wildman–Crippen MR) is 74.0 cm³/mol. The molecular formula is C14H18ClNO2. The van der Waals surface area contributed by atoms with Crippen LogP contribution in [0.1, 0.15) is 17.5 Å². The van der Waals surface area contributed by atoms with E-state index in [0.29, 0.717) is 24.6 Å². The van der Waals surface area contributed by atoms with Crippen LogP contribution < -0.4 is 10.1 Å². The Balaban J connectivity index is 2.38. The smallest absolute Gasteiger partial charge is 0.223 e. The SMILES string of the molecule is C=C(Cl)CNC(=O)CCOc1c(C)cccc1C. The number of ether oxygens (including phenoxy) is 1. The van der Waals surface area contributed by atoms with Gasteiger partial charge in [-0.25, -0.2) is 0 Å². The van der Waals surface area contributed by atoms with Crippen LogP contribution in [-0.2, 0) is 4.79 Å². The first-order valence-corrected chi connectivity index (χ1v) is 6.17. The van der Waals surface area contributed by atoms with E-state index in [1.165, 1.54) is 0 Å². The zero-order valence-corrected chi connectivity index (χ0v) is 11.5. The number of nitrogens with one attached hydrogen (secondary N) is 1. The van der Waals surface area contributed by atoms with E-state index in [2.05, 4.69) is 11.9 Å². The third kappa shape index (κ3) is 4.80. The van der Waals surface area contributed by atoms with Crippen molar-refractivity contribution in [2.75, 3.05) is 13.2 Å². The Morgan fingerprint density at radius 2 is 2.00 bits per heavy atom. The molecule has 18 heavy (non-hydrogen) atoms. The van der Waals surface area contributed by atoms with E-state index in [4.69, 9.17) is 16.3 Å². The quantitative estimate of drug-likeness (QED) is 0.861. The van der Waals surface area contributed by atoms with E-state index in [1.807, 2.05) is 32.0 Å². The molecule has 4 heteroatoms. The Morgan fingerprint density at radius 1 is 1.39 bits per heavy atom. The van der Waals surface area contributed by atoms with Gasteiger partial charge in [0.2, 0.25) is 5.91 Å². The second-order valence-electron chi connectivity index (χ2n) is 4.11. The molecule has 0 aromatic heterocycles. The van der Waals surface area contributed by atoms with Crippen molar-refractivity contribution in [1.82, 2.24) is 5.32 Å². The van der Waals surface area contributed by atoms with Crippen LogP contribution in [0, 0.1) is 13.8 Å². The first-order valence-electron chi connectivity index (χ1n) is 5.79. The molecule has 0 radical (unpaired) electrons. The zero-order valence-electron chi connectivity index (χ0n) is 10.8. The highest BCUT2D eigenvalue weighted by Crippen LogP contribution is 2.22. The van der Waals surface area contributed by atoms with Crippen molar-refractivity contribution in [3.63, 3.8) is 0 Å². The number of benzene rings is 1. The molecule has 0 fully saturated rings. The van der Waals surface area contributed by atoms with E-state index >= 15 is 0 Å². The standard InChI is InChI=1S/C14H18ClNO2/c1-10-5-4-6-11(2)14(10)18-8-7-13(17)16-9-12(3)15/h4-6H,3,7-9H2,1-2H3,(H,16,17). The predicted octanol–water partition coefficient (Wildman–Crippen LogP) is 2.94. The lowest BCUT2D eigenvalue weighted by molar-refractivity contribution is -0.121. The average molecular weight is 268 g/mol. The summed E-state index contributed by atoms with van der Waals surface area (Å²) in [5.74, 6) is 0.759. The minimum absolute atomic E-state index is 0.0944. The lowest BCUT2D eigenvalue weighted by Gasteiger charge is -2.11. The number of para-hydroxylation sites is 1. The molecule has 0 aliphatic heterocycles. The minimum atomic E-state index is -0.0944. The van der Waals surface area contributed by atoms with Gasteiger partial charge in [-0.15, -0.1) is 0 Å². The molecule has 3 nitrogen and oxygen atoms in total. The Bertz CT molecular complexity index is 423. The van der Waals surface area contributed by atoms with Crippen molar-refractivity contribution in [3.05, 3.63) is 40.9 Å². The Morgan fingerprint density at radius 3 is 2.56 bits per heavy atom. The second-order valence-corrected chi connectivity index (χ2v) is 4.65. The van der Waals surface area contributed by atoms with Crippen LogP contribution in [0.3, 0.4) is 0 Å². The van der Waals surface area contributed by atoms with Gasteiger partial charge in [0.25, 0.3) is 0 Å². The molecule has 0 atom stereocenters. The van der Waals surface area contributed by atoms with Gasteiger partial charge in [0.15, 0.2) is 0 Å². The first kappa shape index (κ1) is 14.6. The maximum Gasteiger partial charge on any atom is 0.223 e. The van der Waals surface area contributed by atoms with Gasteiger partial charge >= 0.3 is 0 Å². The number of aryl methyl sites for hydroxylation is 2. The maximum atomic E-state index is 11.4. The first-order chi connectivity index (χ1) is 8.50. The van der Waals surface area contributed by atoms with Crippen molar-refractivity contribution < 1.29 is 9.53 Å². The van der Waals surface area contributed by atoms with Crippen molar-refractivity contribution in [3.8, 4) is 5.75 Å². The fourth-order valence-corrected chi connectivity index (χ4v) is 1.62. The zero-order chi connectivity index (χ0) is 13.5. The third-order valence-corrected chi connectivity index (χ3v) is 2.60. The monoisotopic (exact) mass is 267 g/mol. The highest BCUT2D eigenvalue weighted by Gasteiger charge is 2.05. The molecule has 1 rings (SSSR count). The van der Waals surface area contributed by atoms with Crippen LogP contribution in [0.15, 0.2) is 29.8 Å². The van der Waals surface area contributed by atoms with E-state index < -0.39 is 0 Å². The van der Waals surface area contributed by atoms with Crippen LogP contribution in [0.4, 0.5) is 0 Å². The van der Waals surface area contributed by atoms with E-state index in [-0.39, 0.29) is 5.91 Å². The summed E-state index contributed by atoms with van der Waals surface area (Å²) in [6.45, 7) is 8.12. The van der Waals surface area contributed by atoms with Crippen LogP contribution in [0.5, 0.6) is 5.75 Å². The van der Waals surface area contributed by atoms with Crippen LogP contribution in [0.2, 0.25) is 0 Å². The molecule has 0 spiro atoms. The summed E-state index contributed by atoms with van der Waals surface area (Å²) in [6, 6.07) is 5.95. The Labute approximate surface area is 113 Å². The molecule has 0 saturated carbocycles. The number of hydrogen-bond acceptors (Lipinski definition) is 2. The molecule has 0 aliphatic rings. The third-order valence-electron chi connectivity index (χ3n) is 2.46. The topological polar surface area (TPSA) is 38.3 Å². The number of hydrogen-bond donors (Lipinski definition) is 1. The molecule has 0 saturated heterocycles. The summed E-state index contributed by atoms with van der Waals surface area (Å²) in [6.07, 6.45) is 0.304. The Kier molecular flexibility index (Phi) is 5.72. The van der Waals surface area contributed by atoms with E-state index in [9.17, 15) is 4.79 Å². The lowest BCUT2D eigenvalue weighted by Crippen LogP contribution is -2.26. The van der Waals surface area contributed by atoms with Crippen molar-refractivity contribution in [2.45, 2.75) is 20.3 Å². The van der Waals surface area contributed by atoms with Gasteiger partial charge in [-0.05, 0) is 25.0 Å². The minimum Gasteiger partial charge on any atom is -0.493 e. The summed E-state index contributed by atoms with van der Waals surface area (Å²) in [4.78, 5) is 11.4. The van der Waals surface area contributed by atoms with Crippen LogP contribution >= 0.6 is 11.6 Å². The molecule has 1 N–H and O–H groups in total. The highest BCUT2D eigenvalue weighted by molar-refractivity contribution is 6.29. The molecule has 0 unspecified atom stereocenters. The summed E-state index contributed by atoms with van der Waals surface area (Å²) in [5, 5.41) is 3.06. The molecule has 0 aliphatic carbocycles. The van der Waals surface area contributed by atoms with Crippen LogP contribution in [-0.4, -0.2) is 19.1 Å². The number of halogens is 1. The van der Waals surface area contributed by atoms with E-state index in [1.54, 1.807) is 0 Å². The molecular weight excluding hydrogens is 250 g/mol. The number of carbonyl (C=O) groups is 1.